The Morgan fingerprint density at radius 1 is 0.600 bits per heavy atom. The van der Waals surface area contributed by atoms with Crippen LogP contribution < -0.4 is 19.9 Å². The van der Waals surface area contributed by atoms with Crippen molar-refractivity contribution in [1.29, 1.82) is 0 Å². The number of carbonyl (C=O) groups excluding carboxylic acids is 1. The van der Waals surface area contributed by atoms with Crippen molar-refractivity contribution in [3.63, 3.8) is 0 Å². The largest absolute Gasteiger partial charge is 0.487 e. The van der Waals surface area contributed by atoms with Crippen molar-refractivity contribution in [3.05, 3.63) is 17.7 Å². The first kappa shape index (κ1) is 50.2. The number of benzene rings is 1. The average molecular weight is 716 g/mol. The molecule has 2 N–H and O–H groups in total. The second kappa shape index (κ2) is 32.9. The van der Waals surface area contributed by atoms with E-state index in [2.05, 4.69) is 48.5 Å². The van der Waals surface area contributed by atoms with Gasteiger partial charge >= 0.3 is 0 Å². The highest BCUT2D eigenvalue weighted by Gasteiger charge is 2.26. The first-order valence-corrected chi connectivity index (χ1v) is 19.1. The molecule has 10 nitrogen and oxygen atoms in total. The first-order valence-electron chi connectivity index (χ1n) is 19.1. The van der Waals surface area contributed by atoms with E-state index in [0.29, 0.717) is 108 Å². The Morgan fingerprint density at radius 3 is 1.62 bits per heavy atom. The highest BCUT2D eigenvalue weighted by Crippen LogP contribution is 2.40. The fourth-order valence-corrected chi connectivity index (χ4v) is 4.29. The van der Waals surface area contributed by atoms with Crippen LogP contribution in [0.2, 0.25) is 0 Å². The number of methoxy groups -OCH3 is 1. The van der Waals surface area contributed by atoms with Gasteiger partial charge in [0, 0.05) is 56.3 Å². The standard InChI is InChI=1S/C34H61NO8.C4H10O.C2H6/c1-8-11-12-13-16-38-19-21-42-31-23-28(29(36)10-3)22-30(41-20-18-37-15-9-2)32(31)43-27-34(6,7)26-40-25-33(4,5)24-39-17-14-35;1-3-4-5-2;1-2/h22-23H,8-21,24-27,35H2,1-7H3;3-4H2,1-2H3;1-2H3. The van der Waals surface area contributed by atoms with Gasteiger partial charge in [-0.1, -0.05) is 88.5 Å². The number of rotatable bonds is 30. The molecular formula is C40H77NO9. The molecule has 0 heterocycles. The number of nitrogens with two attached hydrogens (primary N) is 1. The molecule has 0 aromatic heterocycles. The number of hydrogen-bond donors (Lipinski definition) is 1. The van der Waals surface area contributed by atoms with Gasteiger partial charge in [0.05, 0.1) is 46.2 Å². The molecule has 0 aliphatic rings. The zero-order chi connectivity index (χ0) is 38.1. The maximum atomic E-state index is 12.7. The molecule has 0 saturated carbocycles. The Balaban J connectivity index is 0. The first-order chi connectivity index (χ1) is 24.0. The third-order valence-electron chi connectivity index (χ3n) is 6.88. The lowest BCUT2D eigenvalue weighted by Gasteiger charge is -2.29. The molecule has 0 aliphatic heterocycles. The van der Waals surface area contributed by atoms with Gasteiger partial charge in [0.15, 0.2) is 17.3 Å². The monoisotopic (exact) mass is 716 g/mol. The van der Waals surface area contributed by atoms with Gasteiger partial charge in [-0.25, -0.2) is 0 Å². The van der Waals surface area contributed by atoms with Gasteiger partial charge in [-0.2, -0.15) is 0 Å². The van der Waals surface area contributed by atoms with Gasteiger partial charge in [0.1, 0.15) is 13.2 Å². The summed E-state index contributed by atoms with van der Waals surface area (Å²) in [5.41, 5.74) is 5.62. The van der Waals surface area contributed by atoms with E-state index in [0.717, 1.165) is 32.3 Å². The molecule has 0 spiro atoms. The molecule has 0 radical (unpaired) electrons. The Hall–Kier alpha value is -1.95. The van der Waals surface area contributed by atoms with Gasteiger partial charge < -0.3 is 43.6 Å². The van der Waals surface area contributed by atoms with Crippen LogP contribution in [0.3, 0.4) is 0 Å². The molecule has 50 heavy (non-hydrogen) atoms. The SMILES string of the molecule is CC.CCCCCCOCCOc1cc(C(=O)CC)cc(OCCOCCC)c1OCC(C)(C)COCC(C)(C)COCCN.CCCOC. The Bertz CT molecular complexity index is 922. The van der Waals surface area contributed by atoms with Crippen molar-refractivity contribution in [3.8, 4) is 17.2 Å². The average Bonchev–Trinajstić information content (AvgIpc) is 3.09. The van der Waals surface area contributed by atoms with E-state index < -0.39 is 0 Å². The van der Waals surface area contributed by atoms with Crippen LogP contribution in [0.4, 0.5) is 0 Å². The number of unbranched alkanes of at least 4 members (excludes halogenated alkanes) is 3. The van der Waals surface area contributed by atoms with Crippen LogP contribution in [0.25, 0.3) is 0 Å². The summed E-state index contributed by atoms with van der Waals surface area (Å²) in [5.74, 6) is 1.40. The molecule has 0 amide bonds. The number of ketones is 1. The van der Waals surface area contributed by atoms with Crippen molar-refractivity contribution >= 4 is 5.78 Å². The molecule has 0 saturated heterocycles. The minimum Gasteiger partial charge on any atom is -0.487 e. The van der Waals surface area contributed by atoms with Gasteiger partial charge in [0.2, 0.25) is 5.75 Å². The van der Waals surface area contributed by atoms with E-state index in [4.69, 9.17) is 43.6 Å². The molecule has 1 aromatic carbocycles. The fraction of sp³-hybridized carbons (Fsp3) is 0.825. The molecule has 0 aliphatic carbocycles. The minimum absolute atomic E-state index is 0.00226. The lowest BCUT2D eigenvalue weighted by molar-refractivity contribution is -0.0324. The molecular weight excluding hydrogens is 638 g/mol. The van der Waals surface area contributed by atoms with Crippen molar-refractivity contribution in [2.45, 2.75) is 114 Å². The van der Waals surface area contributed by atoms with Gasteiger partial charge in [-0.3, -0.25) is 4.79 Å². The fourth-order valence-electron chi connectivity index (χ4n) is 4.29. The van der Waals surface area contributed by atoms with Crippen LogP contribution in [0.5, 0.6) is 17.2 Å². The quantitative estimate of drug-likeness (QED) is 0.0613. The molecule has 0 atom stereocenters. The number of hydrogen-bond acceptors (Lipinski definition) is 10. The van der Waals surface area contributed by atoms with Crippen LogP contribution in [-0.4, -0.2) is 98.7 Å². The number of carbonyl (C=O) groups is 1. The number of Topliss-reactive ketones (excluding diaryl/α,β-unsaturated/α-hetero) is 1. The Morgan fingerprint density at radius 2 is 1.14 bits per heavy atom. The van der Waals surface area contributed by atoms with Gasteiger partial charge in [0.25, 0.3) is 0 Å². The van der Waals surface area contributed by atoms with Crippen LogP contribution >= 0.6 is 0 Å². The molecule has 1 aromatic rings. The Kier molecular flexibility index (Phi) is 33.0. The highest BCUT2D eigenvalue weighted by atomic mass is 16.6. The smallest absolute Gasteiger partial charge is 0.203 e. The van der Waals surface area contributed by atoms with Gasteiger partial charge in [-0.05, 0) is 31.4 Å². The summed E-state index contributed by atoms with van der Waals surface area (Å²) in [5, 5.41) is 0. The Labute approximate surface area is 306 Å². The minimum atomic E-state index is -0.313. The van der Waals surface area contributed by atoms with E-state index >= 15 is 0 Å². The lowest BCUT2D eigenvalue weighted by Crippen LogP contribution is -2.32. The van der Waals surface area contributed by atoms with E-state index in [9.17, 15) is 4.79 Å². The maximum Gasteiger partial charge on any atom is 0.203 e. The summed E-state index contributed by atoms with van der Waals surface area (Å²) in [7, 11) is 1.71. The normalized spacial score (nSPS) is 11.3. The van der Waals surface area contributed by atoms with E-state index in [1.165, 1.54) is 12.8 Å². The summed E-state index contributed by atoms with van der Waals surface area (Å²) >= 11 is 0. The van der Waals surface area contributed by atoms with Crippen molar-refractivity contribution in [2.24, 2.45) is 16.6 Å². The van der Waals surface area contributed by atoms with Crippen molar-refractivity contribution in [2.75, 3.05) is 92.9 Å². The van der Waals surface area contributed by atoms with E-state index in [1.807, 2.05) is 20.8 Å². The van der Waals surface area contributed by atoms with Crippen molar-refractivity contribution in [1.82, 2.24) is 0 Å². The molecule has 10 heteroatoms. The molecule has 0 bridgehead atoms. The maximum absolute atomic E-state index is 12.7. The zero-order valence-corrected chi connectivity index (χ0v) is 34.0. The molecule has 1 rings (SSSR count). The predicted molar refractivity (Wildman–Crippen MR) is 205 cm³/mol. The molecule has 0 unspecified atom stereocenters. The topological polar surface area (TPSA) is 117 Å². The molecule has 0 fully saturated rings. The third kappa shape index (κ3) is 26.8. The van der Waals surface area contributed by atoms with E-state index in [1.54, 1.807) is 19.2 Å². The van der Waals surface area contributed by atoms with Crippen LogP contribution in [0.15, 0.2) is 12.1 Å². The summed E-state index contributed by atoms with van der Waals surface area (Å²) < 4.78 is 46.5. The van der Waals surface area contributed by atoms with Gasteiger partial charge in [-0.15, -0.1) is 0 Å². The third-order valence-corrected chi connectivity index (χ3v) is 6.88. The second-order valence-corrected chi connectivity index (χ2v) is 13.5. The van der Waals surface area contributed by atoms with Crippen LogP contribution in [0, 0.1) is 10.8 Å². The summed E-state index contributed by atoms with van der Waals surface area (Å²) in [6.45, 7) is 27.4. The second-order valence-electron chi connectivity index (χ2n) is 13.5. The zero-order valence-electron chi connectivity index (χ0n) is 34.0. The summed E-state index contributed by atoms with van der Waals surface area (Å²) in [4.78, 5) is 12.7. The summed E-state index contributed by atoms with van der Waals surface area (Å²) in [6.07, 6.45) is 7.04. The summed E-state index contributed by atoms with van der Waals surface area (Å²) in [6, 6.07) is 3.49. The van der Waals surface area contributed by atoms with Crippen LogP contribution in [-0.2, 0) is 23.7 Å². The predicted octanol–water partition coefficient (Wildman–Crippen LogP) is 8.55. The highest BCUT2D eigenvalue weighted by molar-refractivity contribution is 5.97. The van der Waals surface area contributed by atoms with Crippen molar-refractivity contribution < 1.29 is 42.7 Å². The number of ether oxygens (including phenoxy) is 8. The van der Waals surface area contributed by atoms with Crippen LogP contribution in [0.1, 0.15) is 125 Å². The lowest BCUT2D eigenvalue weighted by atomic mass is 9.94. The van der Waals surface area contributed by atoms with E-state index in [-0.39, 0.29) is 16.6 Å². The molecule has 296 valence electrons.